The quantitative estimate of drug-likeness (QED) is 0.757. The first-order valence-electron chi connectivity index (χ1n) is 10.2. The first-order valence-corrected chi connectivity index (χ1v) is 10.2. The normalized spacial score (nSPS) is 25.6. The molecule has 1 unspecified atom stereocenters. The number of likely N-dealkylation sites (tertiary alicyclic amines) is 1. The third-order valence-corrected chi connectivity index (χ3v) is 6.15. The van der Waals surface area contributed by atoms with Gasteiger partial charge in [0.2, 0.25) is 0 Å². The molecule has 1 aromatic carbocycles. The van der Waals surface area contributed by atoms with Crippen molar-refractivity contribution in [2.24, 2.45) is 5.73 Å². The minimum Gasteiger partial charge on any atom is -0.484 e. The van der Waals surface area contributed by atoms with Crippen LogP contribution in [0.3, 0.4) is 0 Å². The maximum absolute atomic E-state index is 6.43. The molecule has 146 valence electrons. The molecular weight excluding hydrogens is 350 g/mol. The Labute approximate surface area is 165 Å². The minimum absolute atomic E-state index is 0.0363. The fourth-order valence-corrected chi connectivity index (χ4v) is 4.68. The van der Waals surface area contributed by atoms with E-state index < -0.39 is 0 Å². The second-order valence-corrected chi connectivity index (χ2v) is 8.17. The van der Waals surface area contributed by atoms with Crippen LogP contribution in [0.25, 0.3) is 5.65 Å². The van der Waals surface area contributed by atoms with Crippen LogP contribution in [0.15, 0.2) is 42.6 Å². The van der Waals surface area contributed by atoms with Gasteiger partial charge in [-0.3, -0.25) is 4.40 Å². The molecule has 0 bridgehead atoms. The predicted octanol–water partition coefficient (Wildman–Crippen LogP) is 3.45. The Morgan fingerprint density at radius 3 is 2.75 bits per heavy atom. The molecule has 1 fully saturated rings. The molecule has 3 atom stereocenters. The first kappa shape index (κ1) is 17.6. The van der Waals surface area contributed by atoms with E-state index in [0.717, 1.165) is 49.6 Å². The summed E-state index contributed by atoms with van der Waals surface area (Å²) < 4.78 is 8.54. The molecule has 5 rings (SSSR count). The number of likely N-dealkylation sites (N-methyl/N-ethyl adjacent to an activating group) is 1. The summed E-state index contributed by atoms with van der Waals surface area (Å²) in [4.78, 5) is 2.37. The number of rotatable bonds is 3. The molecule has 0 saturated carbocycles. The van der Waals surface area contributed by atoms with E-state index in [4.69, 9.17) is 10.5 Å². The highest BCUT2D eigenvalue weighted by atomic mass is 16.5. The third kappa shape index (κ3) is 3.16. The molecule has 1 saturated heterocycles. The van der Waals surface area contributed by atoms with E-state index >= 15 is 0 Å². The molecule has 1 aliphatic carbocycles. The van der Waals surface area contributed by atoms with Crippen LogP contribution in [-0.2, 0) is 0 Å². The molecular formula is C22H27N5O. The Morgan fingerprint density at radius 2 is 1.89 bits per heavy atom. The predicted molar refractivity (Wildman–Crippen MR) is 108 cm³/mol. The lowest BCUT2D eigenvalue weighted by atomic mass is 9.86. The third-order valence-electron chi connectivity index (χ3n) is 6.15. The Bertz CT molecular complexity index is 984. The Morgan fingerprint density at radius 1 is 1.04 bits per heavy atom. The summed E-state index contributed by atoms with van der Waals surface area (Å²) in [5.74, 6) is 2.31. The lowest BCUT2D eigenvalue weighted by molar-refractivity contribution is 0.176. The zero-order chi connectivity index (χ0) is 19.1. The molecule has 0 spiro atoms. The average molecular weight is 377 g/mol. The fraction of sp³-hybridized carbons (Fsp3) is 0.455. The SMILES string of the molecule is CN1CCCC(c2nnc3ccc(O[C@@H]4CC[C@H](N)c5ccccc54)cn23)C1. The second kappa shape index (κ2) is 7.18. The van der Waals surface area contributed by atoms with E-state index in [1.54, 1.807) is 0 Å². The van der Waals surface area contributed by atoms with Crippen LogP contribution < -0.4 is 10.5 Å². The molecule has 6 heteroatoms. The number of hydrogen-bond acceptors (Lipinski definition) is 5. The van der Waals surface area contributed by atoms with E-state index in [1.807, 2.05) is 12.1 Å². The molecule has 2 aromatic heterocycles. The van der Waals surface area contributed by atoms with E-state index in [-0.39, 0.29) is 12.1 Å². The van der Waals surface area contributed by atoms with Crippen LogP contribution in [-0.4, -0.2) is 39.6 Å². The second-order valence-electron chi connectivity index (χ2n) is 8.17. The van der Waals surface area contributed by atoms with Crippen LogP contribution in [0, 0.1) is 0 Å². The largest absolute Gasteiger partial charge is 0.484 e. The highest BCUT2D eigenvalue weighted by Gasteiger charge is 2.27. The Balaban J connectivity index is 1.44. The van der Waals surface area contributed by atoms with Crippen molar-refractivity contribution >= 4 is 5.65 Å². The van der Waals surface area contributed by atoms with E-state index in [9.17, 15) is 0 Å². The van der Waals surface area contributed by atoms with E-state index in [2.05, 4.69) is 57.0 Å². The van der Waals surface area contributed by atoms with Gasteiger partial charge >= 0.3 is 0 Å². The number of fused-ring (bicyclic) bond motifs is 2. The number of piperidine rings is 1. The van der Waals surface area contributed by atoms with Gasteiger partial charge < -0.3 is 15.4 Å². The Kier molecular flexibility index (Phi) is 4.53. The standard InChI is InChI=1S/C22H27N5O/c1-26-12-4-5-15(13-26)22-25-24-21-11-8-16(14-27(21)22)28-20-10-9-19(23)17-6-2-3-7-18(17)20/h2-3,6-8,11,14-15,19-20H,4-5,9-10,12-13,23H2,1H3/t15?,19-,20+/m0/s1. The van der Waals surface area contributed by atoms with Crippen molar-refractivity contribution in [1.82, 2.24) is 19.5 Å². The molecule has 0 radical (unpaired) electrons. The first-order chi connectivity index (χ1) is 13.7. The lowest BCUT2D eigenvalue weighted by Crippen LogP contribution is -2.31. The monoisotopic (exact) mass is 377 g/mol. The summed E-state index contributed by atoms with van der Waals surface area (Å²) >= 11 is 0. The van der Waals surface area contributed by atoms with Gasteiger partial charge in [0.1, 0.15) is 17.7 Å². The fourth-order valence-electron chi connectivity index (χ4n) is 4.68. The van der Waals surface area contributed by atoms with Crippen LogP contribution in [0.5, 0.6) is 5.75 Å². The topological polar surface area (TPSA) is 68.7 Å². The van der Waals surface area contributed by atoms with Gasteiger partial charge in [-0.2, -0.15) is 0 Å². The molecule has 2 aliphatic rings. The summed E-state index contributed by atoms with van der Waals surface area (Å²) in [7, 11) is 2.18. The van der Waals surface area contributed by atoms with Crippen molar-refractivity contribution in [1.29, 1.82) is 0 Å². The van der Waals surface area contributed by atoms with Gasteiger partial charge in [0.05, 0.1) is 6.20 Å². The number of nitrogens with zero attached hydrogens (tertiary/aromatic N) is 4. The van der Waals surface area contributed by atoms with Crippen molar-refractivity contribution in [3.8, 4) is 5.75 Å². The average Bonchev–Trinajstić information content (AvgIpc) is 3.14. The van der Waals surface area contributed by atoms with Crippen molar-refractivity contribution in [3.63, 3.8) is 0 Å². The molecule has 3 heterocycles. The Hall–Kier alpha value is -2.44. The zero-order valence-corrected chi connectivity index (χ0v) is 16.3. The van der Waals surface area contributed by atoms with Crippen molar-refractivity contribution in [2.45, 2.75) is 43.7 Å². The van der Waals surface area contributed by atoms with Crippen molar-refractivity contribution in [3.05, 3.63) is 59.5 Å². The summed E-state index contributed by atoms with van der Waals surface area (Å²) in [5, 5.41) is 8.88. The van der Waals surface area contributed by atoms with Crippen LogP contribution in [0.2, 0.25) is 0 Å². The smallest absolute Gasteiger partial charge is 0.161 e. The molecule has 28 heavy (non-hydrogen) atoms. The van der Waals surface area contributed by atoms with Gasteiger partial charge in [0.15, 0.2) is 5.65 Å². The summed E-state index contributed by atoms with van der Waals surface area (Å²) in [6.07, 6.45) is 6.31. The number of benzene rings is 1. The molecule has 3 aromatic rings. The van der Waals surface area contributed by atoms with Crippen LogP contribution in [0.1, 0.15) is 60.7 Å². The number of pyridine rings is 1. The van der Waals surface area contributed by atoms with Gasteiger partial charge in [-0.15, -0.1) is 10.2 Å². The van der Waals surface area contributed by atoms with Crippen molar-refractivity contribution in [2.75, 3.05) is 20.1 Å². The number of aromatic nitrogens is 3. The molecule has 0 amide bonds. The van der Waals surface area contributed by atoms with Gasteiger partial charge in [-0.25, -0.2) is 0 Å². The van der Waals surface area contributed by atoms with E-state index in [1.165, 1.54) is 17.5 Å². The lowest BCUT2D eigenvalue weighted by Gasteiger charge is -2.30. The van der Waals surface area contributed by atoms with Crippen LogP contribution >= 0.6 is 0 Å². The maximum atomic E-state index is 6.43. The summed E-state index contributed by atoms with van der Waals surface area (Å²) in [5.41, 5.74) is 9.58. The molecule has 6 nitrogen and oxygen atoms in total. The summed E-state index contributed by atoms with van der Waals surface area (Å²) in [6, 6.07) is 12.5. The van der Waals surface area contributed by atoms with Crippen LogP contribution in [0.4, 0.5) is 0 Å². The van der Waals surface area contributed by atoms with E-state index in [0.29, 0.717) is 5.92 Å². The van der Waals surface area contributed by atoms with Gasteiger partial charge in [-0.05, 0) is 62.5 Å². The van der Waals surface area contributed by atoms with Gasteiger partial charge in [0.25, 0.3) is 0 Å². The molecule has 2 N–H and O–H groups in total. The minimum atomic E-state index is 0.0363. The molecule has 1 aliphatic heterocycles. The highest BCUT2D eigenvalue weighted by molar-refractivity contribution is 5.42. The zero-order valence-electron chi connectivity index (χ0n) is 16.3. The maximum Gasteiger partial charge on any atom is 0.161 e. The number of ether oxygens (including phenoxy) is 1. The van der Waals surface area contributed by atoms with Gasteiger partial charge in [-0.1, -0.05) is 24.3 Å². The van der Waals surface area contributed by atoms with Gasteiger partial charge in [0, 0.05) is 18.5 Å². The summed E-state index contributed by atoms with van der Waals surface area (Å²) in [6.45, 7) is 2.19. The van der Waals surface area contributed by atoms with Crippen molar-refractivity contribution < 1.29 is 4.74 Å². The number of hydrogen-bond donors (Lipinski definition) is 1. The number of nitrogens with two attached hydrogens (primary N) is 1. The highest BCUT2D eigenvalue weighted by Crippen LogP contribution is 2.37.